The van der Waals surface area contributed by atoms with Crippen molar-refractivity contribution < 1.29 is 28.7 Å². The summed E-state index contributed by atoms with van der Waals surface area (Å²) in [7, 11) is 0. The highest BCUT2D eigenvalue weighted by Gasteiger charge is 2.42. The summed E-state index contributed by atoms with van der Waals surface area (Å²) in [6.45, 7) is 7.41. The molecule has 8 heteroatoms. The molecule has 0 aliphatic carbocycles. The molecule has 1 rings (SSSR count). The molecule has 1 fully saturated rings. The van der Waals surface area contributed by atoms with Crippen molar-refractivity contribution in [3.8, 4) is 0 Å². The SMILES string of the molecule is CCCC[C@@H](C(=O)N1CCCC1C(=O)OC(C)(C)C)[C@H](F)C(=O)NO. The van der Waals surface area contributed by atoms with Gasteiger partial charge in [-0.05, 0) is 40.0 Å². The number of ether oxygens (including phenoxy) is 1. The highest BCUT2D eigenvalue weighted by atomic mass is 19.1. The maximum absolute atomic E-state index is 14.4. The number of hydrogen-bond acceptors (Lipinski definition) is 5. The lowest BCUT2D eigenvalue weighted by atomic mass is 9.94. The first-order valence-corrected chi connectivity index (χ1v) is 8.73. The summed E-state index contributed by atoms with van der Waals surface area (Å²) in [5.41, 5.74) is 0.571. The number of amides is 2. The van der Waals surface area contributed by atoms with Gasteiger partial charge >= 0.3 is 5.97 Å². The lowest BCUT2D eigenvalue weighted by molar-refractivity contribution is -0.164. The quantitative estimate of drug-likeness (QED) is 0.411. The predicted molar refractivity (Wildman–Crippen MR) is 88.4 cm³/mol. The van der Waals surface area contributed by atoms with Crippen LogP contribution in [0.4, 0.5) is 4.39 Å². The zero-order valence-corrected chi connectivity index (χ0v) is 15.4. The molecule has 7 nitrogen and oxygen atoms in total. The molecular weight excluding hydrogens is 331 g/mol. The number of rotatable bonds is 7. The molecule has 1 aliphatic rings. The molecule has 0 aromatic carbocycles. The van der Waals surface area contributed by atoms with Gasteiger partial charge in [-0.1, -0.05) is 19.8 Å². The van der Waals surface area contributed by atoms with E-state index in [1.165, 1.54) is 10.4 Å². The molecule has 0 spiro atoms. The van der Waals surface area contributed by atoms with Gasteiger partial charge in [0.2, 0.25) is 5.91 Å². The Morgan fingerprint density at radius 3 is 2.52 bits per heavy atom. The minimum absolute atomic E-state index is 0.168. The summed E-state index contributed by atoms with van der Waals surface area (Å²) >= 11 is 0. The van der Waals surface area contributed by atoms with Crippen LogP contribution < -0.4 is 5.48 Å². The Kier molecular flexibility index (Phi) is 7.79. The predicted octanol–water partition coefficient (Wildman–Crippen LogP) is 1.97. The third-order valence-corrected chi connectivity index (χ3v) is 4.11. The van der Waals surface area contributed by atoms with Crippen molar-refractivity contribution in [1.82, 2.24) is 10.4 Å². The lowest BCUT2D eigenvalue weighted by Crippen LogP contribution is -2.49. The Hall–Kier alpha value is -1.70. The number of halogens is 1. The highest BCUT2D eigenvalue weighted by molar-refractivity contribution is 5.91. The largest absolute Gasteiger partial charge is 0.458 e. The van der Waals surface area contributed by atoms with Crippen LogP contribution in [0.15, 0.2) is 0 Å². The molecule has 2 N–H and O–H groups in total. The average molecular weight is 360 g/mol. The number of carbonyl (C=O) groups excluding carboxylic acids is 3. The van der Waals surface area contributed by atoms with Crippen LogP contribution in [0, 0.1) is 5.92 Å². The van der Waals surface area contributed by atoms with Crippen LogP contribution in [0.5, 0.6) is 0 Å². The summed E-state index contributed by atoms with van der Waals surface area (Å²) < 4.78 is 19.7. The standard InChI is InChI=1S/C17H29FN2O5/c1-5-6-8-11(13(18)14(21)19-24)15(22)20-10-7-9-12(20)16(23)25-17(2,3)4/h11-13,24H,5-10H2,1-4H3,(H,19,21)/t11-,12?,13+/m1/s1. The number of esters is 1. The monoisotopic (exact) mass is 360 g/mol. The molecule has 3 atom stereocenters. The number of alkyl halides is 1. The Morgan fingerprint density at radius 1 is 1.36 bits per heavy atom. The zero-order valence-electron chi connectivity index (χ0n) is 15.4. The van der Waals surface area contributed by atoms with Crippen LogP contribution in [-0.4, -0.2) is 52.3 Å². The van der Waals surface area contributed by atoms with Crippen LogP contribution in [0.25, 0.3) is 0 Å². The number of nitrogens with one attached hydrogen (secondary N) is 1. The molecule has 144 valence electrons. The van der Waals surface area contributed by atoms with Crippen molar-refractivity contribution in [2.75, 3.05) is 6.54 Å². The normalized spacial score (nSPS) is 20.1. The van der Waals surface area contributed by atoms with Crippen LogP contribution >= 0.6 is 0 Å². The van der Waals surface area contributed by atoms with Gasteiger partial charge in [0.1, 0.15) is 11.6 Å². The Morgan fingerprint density at radius 2 is 2.00 bits per heavy atom. The van der Waals surface area contributed by atoms with Crippen LogP contribution in [0.1, 0.15) is 59.8 Å². The second-order valence-electron chi connectivity index (χ2n) is 7.35. The van der Waals surface area contributed by atoms with Crippen molar-refractivity contribution in [1.29, 1.82) is 0 Å². The fourth-order valence-corrected chi connectivity index (χ4v) is 2.92. The first-order chi connectivity index (χ1) is 11.6. The van der Waals surface area contributed by atoms with Gasteiger partial charge in [-0.15, -0.1) is 0 Å². The molecule has 1 heterocycles. The summed E-state index contributed by atoms with van der Waals surface area (Å²) in [5, 5.41) is 8.66. The van der Waals surface area contributed by atoms with Crippen molar-refractivity contribution in [2.45, 2.75) is 77.6 Å². The maximum atomic E-state index is 14.4. The zero-order chi connectivity index (χ0) is 19.2. The molecule has 1 unspecified atom stereocenters. The van der Waals surface area contributed by atoms with Crippen molar-refractivity contribution in [3.63, 3.8) is 0 Å². The summed E-state index contributed by atoms with van der Waals surface area (Å²) in [4.78, 5) is 37.9. The molecular formula is C17H29FN2O5. The minimum atomic E-state index is -2.16. The van der Waals surface area contributed by atoms with E-state index in [2.05, 4.69) is 0 Å². The van der Waals surface area contributed by atoms with E-state index >= 15 is 0 Å². The Labute approximate surface area is 147 Å². The third-order valence-electron chi connectivity index (χ3n) is 4.11. The number of likely N-dealkylation sites (tertiary alicyclic amines) is 1. The maximum Gasteiger partial charge on any atom is 0.329 e. The van der Waals surface area contributed by atoms with Crippen molar-refractivity contribution >= 4 is 17.8 Å². The van der Waals surface area contributed by atoms with Gasteiger partial charge in [0.25, 0.3) is 5.91 Å². The number of carbonyl (C=O) groups is 3. The topological polar surface area (TPSA) is 95.9 Å². The van der Waals surface area contributed by atoms with E-state index in [4.69, 9.17) is 9.94 Å². The first kappa shape index (κ1) is 21.3. The molecule has 1 aliphatic heterocycles. The molecule has 0 aromatic rings. The Bertz CT molecular complexity index is 492. The van der Waals surface area contributed by atoms with Gasteiger partial charge < -0.3 is 9.64 Å². The molecule has 0 radical (unpaired) electrons. The Balaban J connectivity index is 2.93. The van der Waals surface area contributed by atoms with Crippen molar-refractivity contribution in [2.24, 2.45) is 5.92 Å². The summed E-state index contributed by atoms with van der Waals surface area (Å²) in [6.07, 6.45) is 0.349. The fraction of sp³-hybridized carbons (Fsp3) is 0.824. The number of nitrogens with zero attached hydrogens (tertiary/aromatic N) is 1. The lowest BCUT2D eigenvalue weighted by Gasteiger charge is -2.30. The third kappa shape index (κ3) is 5.95. The first-order valence-electron chi connectivity index (χ1n) is 8.73. The van der Waals surface area contributed by atoms with E-state index in [0.717, 1.165) is 6.42 Å². The van der Waals surface area contributed by atoms with E-state index < -0.39 is 41.5 Å². The molecule has 2 amide bonds. The van der Waals surface area contributed by atoms with Gasteiger partial charge in [-0.2, -0.15) is 0 Å². The number of hydrogen-bond donors (Lipinski definition) is 2. The molecule has 1 saturated heterocycles. The summed E-state index contributed by atoms with van der Waals surface area (Å²) in [5.74, 6) is -3.58. The molecule has 0 bridgehead atoms. The molecule has 0 aromatic heterocycles. The second kappa shape index (κ2) is 9.12. The van der Waals surface area contributed by atoms with Crippen LogP contribution in [0.3, 0.4) is 0 Å². The van der Waals surface area contributed by atoms with Gasteiger partial charge in [0, 0.05) is 6.54 Å². The van der Waals surface area contributed by atoms with E-state index in [0.29, 0.717) is 25.8 Å². The highest BCUT2D eigenvalue weighted by Crippen LogP contribution is 2.27. The molecule has 25 heavy (non-hydrogen) atoms. The number of unbranched alkanes of at least 4 members (excludes halogenated alkanes) is 1. The fourth-order valence-electron chi connectivity index (χ4n) is 2.92. The van der Waals surface area contributed by atoms with Gasteiger partial charge in [0.15, 0.2) is 6.17 Å². The second-order valence-corrected chi connectivity index (χ2v) is 7.35. The average Bonchev–Trinajstić information content (AvgIpc) is 3.02. The van der Waals surface area contributed by atoms with Gasteiger partial charge in [-0.3, -0.25) is 14.8 Å². The van der Waals surface area contributed by atoms with E-state index in [-0.39, 0.29) is 6.42 Å². The molecule has 0 saturated carbocycles. The van der Waals surface area contributed by atoms with E-state index in [9.17, 15) is 18.8 Å². The summed E-state index contributed by atoms with van der Waals surface area (Å²) in [6, 6.07) is -0.764. The van der Waals surface area contributed by atoms with Crippen molar-refractivity contribution in [3.05, 3.63) is 0 Å². The van der Waals surface area contributed by atoms with Crippen LogP contribution in [0.2, 0.25) is 0 Å². The number of hydroxylamine groups is 1. The van der Waals surface area contributed by atoms with Gasteiger partial charge in [0.05, 0.1) is 5.92 Å². The van der Waals surface area contributed by atoms with E-state index in [1.807, 2.05) is 6.92 Å². The van der Waals surface area contributed by atoms with E-state index in [1.54, 1.807) is 20.8 Å². The van der Waals surface area contributed by atoms with Crippen LogP contribution in [-0.2, 0) is 19.1 Å². The smallest absolute Gasteiger partial charge is 0.329 e. The minimum Gasteiger partial charge on any atom is -0.458 e. The van der Waals surface area contributed by atoms with Gasteiger partial charge in [-0.25, -0.2) is 14.7 Å².